The van der Waals surface area contributed by atoms with E-state index in [1.54, 1.807) is 12.1 Å². The van der Waals surface area contributed by atoms with E-state index in [1.165, 1.54) is 12.1 Å². The van der Waals surface area contributed by atoms with E-state index in [0.29, 0.717) is 0 Å². The van der Waals surface area contributed by atoms with Crippen LogP contribution in [0.25, 0.3) is 0 Å². The largest absolute Gasteiger partial charge is 0.507 e. The Morgan fingerprint density at radius 2 is 1.83 bits per heavy atom. The number of phenols is 1. The van der Waals surface area contributed by atoms with Crippen molar-refractivity contribution in [2.24, 2.45) is 0 Å². The first-order valence-electron chi connectivity index (χ1n) is 6.98. The average Bonchev–Trinajstić information content (AvgIpc) is 2.53. The lowest BCUT2D eigenvalue weighted by Crippen LogP contribution is -2.31. The van der Waals surface area contributed by atoms with Crippen molar-refractivity contribution >= 4 is 27.8 Å². The third-order valence-corrected chi connectivity index (χ3v) is 3.93. The van der Waals surface area contributed by atoms with Gasteiger partial charge in [0.1, 0.15) is 11.3 Å². The Bertz CT molecular complexity index is 717. The number of benzene rings is 2. The fraction of sp³-hybridized carbons (Fsp3) is 0.176. The molecular weight excluding hydrogens is 362 g/mol. The number of carbonyl (C=O) groups excluding carboxylic acids is 2. The van der Waals surface area contributed by atoms with Gasteiger partial charge in [-0.05, 0) is 30.7 Å². The van der Waals surface area contributed by atoms with Crippen LogP contribution in [-0.2, 0) is 9.53 Å². The summed E-state index contributed by atoms with van der Waals surface area (Å²) >= 11 is 3.42. The van der Waals surface area contributed by atoms with Crippen molar-refractivity contribution in [3.63, 3.8) is 0 Å². The second-order valence-electron chi connectivity index (χ2n) is 4.90. The second-order valence-corrected chi connectivity index (χ2v) is 5.76. The molecule has 2 aromatic rings. The van der Waals surface area contributed by atoms with E-state index in [0.717, 1.165) is 10.0 Å². The van der Waals surface area contributed by atoms with Crippen LogP contribution in [0.5, 0.6) is 5.75 Å². The van der Waals surface area contributed by atoms with Crippen LogP contribution in [0.15, 0.2) is 53.0 Å². The lowest BCUT2D eigenvalue weighted by molar-refractivity contribution is -0.124. The van der Waals surface area contributed by atoms with Crippen molar-refractivity contribution in [3.8, 4) is 5.75 Å². The molecule has 0 fully saturated rings. The fourth-order valence-electron chi connectivity index (χ4n) is 2.04. The van der Waals surface area contributed by atoms with Gasteiger partial charge in [-0.2, -0.15) is 0 Å². The van der Waals surface area contributed by atoms with Crippen LogP contribution in [0, 0.1) is 0 Å². The maximum absolute atomic E-state index is 11.9. The first kappa shape index (κ1) is 17.0. The van der Waals surface area contributed by atoms with Crippen LogP contribution in [-0.4, -0.2) is 23.6 Å². The van der Waals surface area contributed by atoms with Crippen LogP contribution in [0.4, 0.5) is 0 Å². The average molecular weight is 378 g/mol. The normalized spacial score (nSPS) is 11.6. The Balaban J connectivity index is 1.89. The highest BCUT2D eigenvalue weighted by molar-refractivity contribution is 9.10. The number of phenolic OH excluding ortho intramolecular Hbond substituents is 1. The topological polar surface area (TPSA) is 75.6 Å². The zero-order valence-corrected chi connectivity index (χ0v) is 14.0. The summed E-state index contributed by atoms with van der Waals surface area (Å²) in [5.41, 5.74) is 0.951. The van der Waals surface area contributed by atoms with Crippen molar-refractivity contribution < 1.29 is 19.4 Å². The summed E-state index contributed by atoms with van der Waals surface area (Å²) in [7, 11) is 0. The molecule has 2 N–H and O–H groups in total. The maximum Gasteiger partial charge on any atom is 0.342 e. The molecule has 120 valence electrons. The number of rotatable bonds is 5. The van der Waals surface area contributed by atoms with Crippen molar-refractivity contribution in [1.82, 2.24) is 5.32 Å². The first-order chi connectivity index (χ1) is 11.0. The summed E-state index contributed by atoms with van der Waals surface area (Å²) in [4.78, 5) is 23.7. The van der Waals surface area contributed by atoms with Crippen LogP contribution >= 0.6 is 15.9 Å². The Kier molecular flexibility index (Phi) is 5.76. The SMILES string of the molecule is C[C@@H](NC(=O)COC(=O)c1ccccc1O)c1ccccc1Br. The van der Waals surface area contributed by atoms with Crippen LogP contribution in [0.2, 0.25) is 0 Å². The summed E-state index contributed by atoms with van der Waals surface area (Å²) < 4.78 is 5.80. The fourth-order valence-corrected chi connectivity index (χ4v) is 2.67. The molecule has 0 aromatic heterocycles. The van der Waals surface area contributed by atoms with E-state index in [-0.39, 0.29) is 17.4 Å². The van der Waals surface area contributed by atoms with E-state index < -0.39 is 18.5 Å². The third kappa shape index (κ3) is 4.56. The van der Waals surface area contributed by atoms with Crippen LogP contribution in [0.3, 0.4) is 0 Å². The molecule has 23 heavy (non-hydrogen) atoms. The minimum atomic E-state index is -0.744. The zero-order valence-electron chi connectivity index (χ0n) is 12.5. The van der Waals surface area contributed by atoms with Crippen LogP contribution < -0.4 is 5.32 Å². The molecule has 0 spiro atoms. The van der Waals surface area contributed by atoms with E-state index in [2.05, 4.69) is 21.2 Å². The molecule has 1 atom stereocenters. The number of hydrogen-bond donors (Lipinski definition) is 2. The highest BCUT2D eigenvalue weighted by Crippen LogP contribution is 2.22. The number of halogens is 1. The summed E-state index contributed by atoms with van der Waals surface area (Å²) in [5.74, 6) is -1.34. The van der Waals surface area contributed by atoms with Crippen molar-refractivity contribution in [1.29, 1.82) is 0 Å². The maximum atomic E-state index is 11.9. The quantitative estimate of drug-likeness (QED) is 0.784. The van der Waals surface area contributed by atoms with Gasteiger partial charge in [0.2, 0.25) is 0 Å². The lowest BCUT2D eigenvalue weighted by atomic mass is 10.1. The van der Waals surface area contributed by atoms with Gasteiger partial charge in [-0.1, -0.05) is 46.3 Å². The van der Waals surface area contributed by atoms with Crippen molar-refractivity contribution in [3.05, 3.63) is 64.1 Å². The molecule has 6 heteroatoms. The molecule has 0 aliphatic heterocycles. The standard InChI is InChI=1S/C17H16BrNO4/c1-11(12-6-2-4-8-14(12)18)19-16(21)10-23-17(22)13-7-3-5-9-15(13)20/h2-9,11,20H,10H2,1H3,(H,19,21)/t11-/m1/s1. The smallest absolute Gasteiger partial charge is 0.342 e. The predicted octanol–water partition coefficient (Wildman–Crippen LogP) is 3.19. The molecule has 0 bridgehead atoms. The number of hydrogen-bond acceptors (Lipinski definition) is 4. The molecule has 0 saturated heterocycles. The van der Waals surface area contributed by atoms with E-state index in [4.69, 9.17) is 4.74 Å². The van der Waals surface area contributed by atoms with Gasteiger partial charge in [0.25, 0.3) is 5.91 Å². The third-order valence-electron chi connectivity index (χ3n) is 3.21. The van der Waals surface area contributed by atoms with Gasteiger partial charge >= 0.3 is 5.97 Å². The van der Waals surface area contributed by atoms with E-state index in [1.807, 2.05) is 31.2 Å². The molecule has 0 saturated carbocycles. The first-order valence-corrected chi connectivity index (χ1v) is 7.77. The second kappa shape index (κ2) is 7.78. The lowest BCUT2D eigenvalue weighted by Gasteiger charge is -2.16. The molecule has 0 unspecified atom stereocenters. The molecule has 0 radical (unpaired) electrons. The Hall–Kier alpha value is -2.34. The molecule has 2 aromatic carbocycles. The summed E-state index contributed by atoms with van der Waals surface area (Å²) in [6, 6.07) is 13.3. The molecule has 5 nitrogen and oxygen atoms in total. The van der Waals surface area contributed by atoms with E-state index in [9.17, 15) is 14.7 Å². The van der Waals surface area contributed by atoms with Gasteiger partial charge < -0.3 is 15.2 Å². The Morgan fingerprint density at radius 3 is 2.52 bits per heavy atom. The zero-order chi connectivity index (χ0) is 16.8. The molecule has 0 aliphatic rings. The van der Waals surface area contributed by atoms with Gasteiger partial charge in [0.05, 0.1) is 6.04 Å². The molecule has 1 amide bonds. The monoisotopic (exact) mass is 377 g/mol. The summed E-state index contributed by atoms with van der Waals surface area (Å²) in [6.07, 6.45) is 0. The molecular formula is C17H16BrNO4. The van der Waals surface area contributed by atoms with Crippen molar-refractivity contribution in [2.45, 2.75) is 13.0 Å². The Labute approximate surface area is 142 Å². The number of nitrogens with one attached hydrogen (secondary N) is 1. The van der Waals surface area contributed by atoms with Gasteiger partial charge in [-0.3, -0.25) is 4.79 Å². The Morgan fingerprint density at radius 1 is 1.17 bits per heavy atom. The number of ether oxygens (including phenoxy) is 1. The van der Waals surface area contributed by atoms with Gasteiger partial charge in [-0.25, -0.2) is 4.79 Å². The molecule has 0 aliphatic carbocycles. The van der Waals surface area contributed by atoms with Gasteiger partial charge in [0, 0.05) is 4.47 Å². The summed E-state index contributed by atoms with van der Waals surface area (Å²) in [6.45, 7) is 1.42. The number of carbonyl (C=O) groups is 2. The predicted molar refractivity (Wildman–Crippen MR) is 89.1 cm³/mol. The highest BCUT2D eigenvalue weighted by atomic mass is 79.9. The highest BCUT2D eigenvalue weighted by Gasteiger charge is 2.16. The minimum Gasteiger partial charge on any atom is -0.507 e. The number of esters is 1. The van der Waals surface area contributed by atoms with Gasteiger partial charge in [0.15, 0.2) is 6.61 Å². The molecule has 0 heterocycles. The van der Waals surface area contributed by atoms with E-state index >= 15 is 0 Å². The summed E-state index contributed by atoms with van der Waals surface area (Å²) in [5, 5.41) is 12.3. The number of para-hydroxylation sites is 1. The number of aromatic hydroxyl groups is 1. The number of amides is 1. The van der Waals surface area contributed by atoms with Crippen molar-refractivity contribution in [2.75, 3.05) is 6.61 Å². The molecule has 2 rings (SSSR count). The van der Waals surface area contributed by atoms with Gasteiger partial charge in [-0.15, -0.1) is 0 Å². The van der Waals surface area contributed by atoms with Crippen LogP contribution in [0.1, 0.15) is 28.9 Å². The minimum absolute atomic E-state index is 0.0270.